The molecule has 1 aliphatic heterocycles. The number of ether oxygens (including phenoxy) is 2. The standard InChI is InChI=1S/C9H14O3/c1-6(2)8(10)7-5-11-9(3,4)12-7/h7H,1,5H2,2-4H3/t7-/m1/s1. The summed E-state index contributed by atoms with van der Waals surface area (Å²) in [5.74, 6) is -0.698. The SMILES string of the molecule is C=C(C)C(=O)[C@H]1COC(C)(C)O1. The molecule has 0 spiro atoms. The van der Waals surface area contributed by atoms with E-state index in [2.05, 4.69) is 6.58 Å². The van der Waals surface area contributed by atoms with E-state index in [0.717, 1.165) is 0 Å². The van der Waals surface area contributed by atoms with Crippen LogP contribution in [0.4, 0.5) is 0 Å². The van der Waals surface area contributed by atoms with Crippen molar-refractivity contribution in [3.05, 3.63) is 12.2 Å². The maximum Gasteiger partial charge on any atom is 0.189 e. The third kappa shape index (κ3) is 1.93. The quantitative estimate of drug-likeness (QED) is 0.586. The van der Waals surface area contributed by atoms with Gasteiger partial charge in [-0.1, -0.05) is 6.58 Å². The lowest BCUT2D eigenvalue weighted by molar-refractivity contribution is -0.149. The summed E-state index contributed by atoms with van der Waals surface area (Å²) in [6.45, 7) is 9.15. The van der Waals surface area contributed by atoms with Crippen molar-refractivity contribution in [1.82, 2.24) is 0 Å². The largest absolute Gasteiger partial charge is 0.347 e. The minimum Gasteiger partial charge on any atom is -0.347 e. The molecule has 1 fully saturated rings. The van der Waals surface area contributed by atoms with Crippen molar-refractivity contribution in [2.75, 3.05) is 6.61 Å². The normalized spacial score (nSPS) is 27.1. The second-order valence-corrected chi connectivity index (χ2v) is 3.46. The van der Waals surface area contributed by atoms with Crippen LogP contribution in [0.2, 0.25) is 0 Å². The van der Waals surface area contributed by atoms with Crippen molar-refractivity contribution >= 4 is 5.78 Å². The van der Waals surface area contributed by atoms with Gasteiger partial charge < -0.3 is 9.47 Å². The molecular weight excluding hydrogens is 156 g/mol. The Morgan fingerprint density at radius 2 is 2.17 bits per heavy atom. The molecule has 0 aromatic carbocycles. The molecule has 0 unspecified atom stereocenters. The number of carbonyl (C=O) groups is 1. The van der Waals surface area contributed by atoms with Crippen LogP contribution in [-0.4, -0.2) is 24.3 Å². The summed E-state index contributed by atoms with van der Waals surface area (Å²) in [5, 5.41) is 0. The minimum absolute atomic E-state index is 0.0689. The van der Waals surface area contributed by atoms with Crippen molar-refractivity contribution in [1.29, 1.82) is 0 Å². The summed E-state index contributed by atoms with van der Waals surface area (Å²) in [6, 6.07) is 0. The third-order valence-corrected chi connectivity index (χ3v) is 1.72. The van der Waals surface area contributed by atoms with Gasteiger partial charge in [0, 0.05) is 0 Å². The molecule has 1 rings (SSSR count). The van der Waals surface area contributed by atoms with Crippen molar-refractivity contribution in [3.8, 4) is 0 Å². The van der Waals surface area contributed by atoms with Gasteiger partial charge in [-0.25, -0.2) is 0 Å². The molecule has 0 radical (unpaired) electrons. The van der Waals surface area contributed by atoms with E-state index in [4.69, 9.17) is 9.47 Å². The molecule has 12 heavy (non-hydrogen) atoms. The third-order valence-electron chi connectivity index (χ3n) is 1.72. The fourth-order valence-corrected chi connectivity index (χ4v) is 1.09. The Kier molecular flexibility index (Phi) is 2.35. The summed E-state index contributed by atoms with van der Waals surface area (Å²) < 4.78 is 10.6. The average Bonchev–Trinajstić information content (AvgIpc) is 2.28. The van der Waals surface area contributed by atoms with E-state index in [1.165, 1.54) is 0 Å². The summed E-state index contributed by atoms with van der Waals surface area (Å²) in [5.41, 5.74) is 0.515. The van der Waals surface area contributed by atoms with Gasteiger partial charge in [0.1, 0.15) is 6.10 Å². The second kappa shape index (κ2) is 2.99. The first kappa shape index (κ1) is 9.42. The fraction of sp³-hybridized carbons (Fsp3) is 0.667. The molecular formula is C9H14O3. The van der Waals surface area contributed by atoms with E-state index in [0.29, 0.717) is 12.2 Å². The Morgan fingerprint density at radius 3 is 2.50 bits per heavy atom. The molecule has 0 saturated carbocycles. The van der Waals surface area contributed by atoms with Crippen molar-refractivity contribution in [2.24, 2.45) is 0 Å². The van der Waals surface area contributed by atoms with Crippen LogP contribution >= 0.6 is 0 Å². The van der Waals surface area contributed by atoms with Crippen molar-refractivity contribution < 1.29 is 14.3 Å². The highest BCUT2D eigenvalue weighted by Gasteiger charge is 2.36. The van der Waals surface area contributed by atoms with Gasteiger partial charge in [0.25, 0.3) is 0 Å². The number of hydrogen-bond donors (Lipinski definition) is 0. The summed E-state index contributed by atoms with van der Waals surface area (Å²) in [6.07, 6.45) is -0.461. The predicted octanol–water partition coefficient (Wildman–Crippen LogP) is 1.28. The van der Waals surface area contributed by atoms with E-state index in [1.54, 1.807) is 20.8 Å². The topological polar surface area (TPSA) is 35.5 Å². The first-order valence-electron chi connectivity index (χ1n) is 3.94. The maximum atomic E-state index is 11.3. The van der Waals surface area contributed by atoms with Gasteiger partial charge in [-0.15, -0.1) is 0 Å². The molecule has 1 heterocycles. The Hall–Kier alpha value is -0.670. The highest BCUT2D eigenvalue weighted by Crippen LogP contribution is 2.23. The maximum absolute atomic E-state index is 11.3. The smallest absolute Gasteiger partial charge is 0.189 e. The molecule has 3 heteroatoms. The van der Waals surface area contributed by atoms with Gasteiger partial charge in [0.05, 0.1) is 6.61 Å². The summed E-state index contributed by atoms with van der Waals surface area (Å²) in [4.78, 5) is 11.3. The van der Waals surface area contributed by atoms with E-state index in [9.17, 15) is 4.79 Å². The first-order valence-corrected chi connectivity index (χ1v) is 3.94. The van der Waals surface area contributed by atoms with Crippen LogP contribution in [0.25, 0.3) is 0 Å². The van der Waals surface area contributed by atoms with Crippen LogP contribution in [0.3, 0.4) is 0 Å². The highest BCUT2D eigenvalue weighted by atomic mass is 16.7. The predicted molar refractivity (Wildman–Crippen MR) is 44.7 cm³/mol. The van der Waals surface area contributed by atoms with Crippen LogP contribution in [0.1, 0.15) is 20.8 Å². The van der Waals surface area contributed by atoms with E-state index >= 15 is 0 Å². The van der Waals surface area contributed by atoms with E-state index in [-0.39, 0.29) is 5.78 Å². The molecule has 0 aliphatic carbocycles. The number of rotatable bonds is 2. The average molecular weight is 170 g/mol. The molecule has 3 nitrogen and oxygen atoms in total. The molecule has 68 valence electrons. The van der Waals surface area contributed by atoms with Crippen LogP contribution in [0.15, 0.2) is 12.2 Å². The zero-order valence-electron chi connectivity index (χ0n) is 7.72. The number of carbonyl (C=O) groups excluding carboxylic acids is 1. The van der Waals surface area contributed by atoms with Gasteiger partial charge in [0.15, 0.2) is 11.6 Å². The Balaban J connectivity index is 2.59. The molecule has 1 saturated heterocycles. The summed E-state index contributed by atoms with van der Waals surface area (Å²) in [7, 11) is 0. The lowest BCUT2D eigenvalue weighted by atomic mass is 10.1. The number of Topliss-reactive ketones (excluding diaryl/α,β-unsaturated/α-hetero) is 1. The van der Waals surface area contributed by atoms with Crippen molar-refractivity contribution in [2.45, 2.75) is 32.7 Å². The van der Waals surface area contributed by atoms with Crippen LogP contribution < -0.4 is 0 Å². The Morgan fingerprint density at radius 1 is 1.58 bits per heavy atom. The molecule has 0 N–H and O–H groups in total. The molecule has 0 aromatic heterocycles. The first-order chi connectivity index (χ1) is 5.42. The molecule has 1 aliphatic rings. The highest BCUT2D eigenvalue weighted by molar-refractivity contribution is 5.97. The van der Waals surface area contributed by atoms with Gasteiger partial charge >= 0.3 is 0 Å². The van der Waals surface area contributed by atoms with Crippen molar-refractivity contribution in [3.63, 3.8) is 0 Å². The monoisotopic (exact) mass is 170 g/mol. The van der Waals surface area contributed by atoms with Gasteiger partial charge in [-0.2, -0.15) is 0 Å². The molecule has 0 amide bonds. The fourth-order valence-electron chi connectivity index (χ4n) is 1.09. The van der Waals surface area contributed by atoms with Gasteiger partial charge in [-0.3, -0.25) is 4.79 Å². The minimum atomic E-state index is -0.629. The Bertz CT molecular complexity index is 218. The van der Waals surface area contributed by atoms with Crippen LogP contribution in [-0.2, 0) is 14.3 Å². The zero-order valence-corrected chi connectivity index (χ0v) is 7.72. The molecule has 0 aromatic rings. The van der Waals surface area contributed by atoms with E-state index in [1.807, 2.05) is 0 Å². The van der Waals surface area contributed by atoms with Crippen LogP contribution in [0, 0.1) is 0 Å². The Labute approximate surface area is 72.4 Å². The summed E-state index contributed by atoms with van der Waals surface area (Å²) >= 11 is 0. The number of ketones is 1. The van der Waals surface area contributed by atoms with Gasteiger partial charge in [0.2, 0.25) is 0 Å². The lowest BCUT2D eigenvalue weighted by Gasteiger charge is -2.16. The van der Waals surface area contributed by atoms with Crippen LogP contribution in [0.5, 0.6) is 0 Å². The lowest BCUT2D eigenvalue weighted by Crippen LogP contribution is -2.27. The zero-order chi connectivity index (χ0) is 9.35. The number of hydrogen-bond acceptors (Lipinski definition) is 3. The molecule has 0 bridgehead atoms. The van der Waals surface area contributed by atoms with E-state index < -0.39 is 11.9 Å². The molecule has 1 atom stereocenters. The van der Waals surface area contributed by atoms with Gasteiger partial charge in [-0.05, 0) is 26.3 Å². The second-order valence-electron chi connectivity index (χ2n) is 3.46.